The second-order valence-corrected chi connectivity index (χ2v) is 6.47. The zero-order valence-corrected chi connectivity index (χ0v) is 14.8. The molecule has 0 saturated heterocycles. The number of fused-ring (bicyclic) bond motifs is 1. The quantitative estimate of drug-likeness (QED) is 0.753. The molecule has 1 aliphatic rings. The monoisotopic (exact) mass is 343 g/mol. The van der Waals surface area contributed by atoms with Gasteiger partial charge in [0.15, 0.2) is 0 Å². The second kappa shape index (κ2) is 7.00. The summed E-state index contributed by atoms with van der Waals surface area (Å²) in [6.45, 7) is 3.02. The molecular weight excluding hydrogens is 322 g/mol. The fourth-order valence-electron chi connectivity index (χ4n) is 3.33. The van der Waals surface area contributed by atoms with E-state index in [9.17, 15) is 4.79 Å². The van der Waals surface area contributed by atoms with Crippen LogP contribution in [0.15, 0.2) is 67.0 Å². The number of nitrogens with one attached hydrogen (secondary N) is 1. The Morgan fingerprint density at radius 2 is 1.92 bits per heavy atom. The van der Waals surface area contributed by atoms with E-state index in [0.717, 1.165) is 30.8 Å². The van der Waals surface area contributed by atoms with Crippen LogP contribution < -0.4 is 10.2 Å². The summed E-state index contributed by atoms with van der Waals surface area (Å²) in [4.78, 5) is 19.1. The van der Waals surface area contributed by atoms with Gasteiger partial charge in [0.25, 0.3) is 5.91 Å². The molecule has 0 saturated carbocycles. The molecule has 1 aliphatic heterocycles. The lowest BCUT2D eigenvalue weighted by molar-refractivity contribution is 0.102. The van der Waals surface area contributed by atoms with Crippen molar-refractivity contribution in [2.45, 2.75) is 19.8 Å². The smallest absolute Gasteiger partial charge is 0.257 e. The lowest BCUT2D eigenvalue weighted by atomic mass is 10.1. The van der Waals surface area contributed by atoms with Gasteiger partial charge in [0.2, 0.25) is 0 Å². The van der Waals surface area contributed by atoms with Gasteiger partial charge < -0.3 is 10.2 Å². The SMILES string of the molecule is CCc1ccc(NC(=O)c2cncc(N3CCc4ccccc43)c2)cc1. The third-order valence-electron chi connectivity index (χ3n) is 4.80. The number of carbonyl (C=O) groups excluding carboxylic acids is 1. The summed E-state index contributed by atoms with van der Waals surface area (Å²) in [6, 6.07) is 18.2. The Balaban J connectivity index is 1.55. The molecular formula is C22H21N3O. The highest BCUT2D eigenvalue weighted by Gasteiger charge is 2.20. The number of aromatic nitrogens is 1. The molecule has 0 aliphatic carbocycles. The van der Waals surface area contributed by atoms with Crippen LogP contribution in [0.25, 0.3) is 0 Å². The standard InChI is InChI=1S/C22H21N3O/c1-2-16-7-9-19(10-8-16)24-22(26)18-13-20(15-23-14-18)25-12-11-17-5-3-4-6-21(17)25/h3-10,13-15H,2,11-12H2,1H3,(H,24,26). The van der Waals surface area contributed by atoms with Crippen LogP contribution in [0.3, 0.4) is 0 Å². The minimum Gasteiger partial charge on any atom is -0.340 e. The van der Waals surface area contributed by atoms with Crippen molar-refractivity contribution in [3.63, 3.8) is 0 Å². The van der Waals surface area contributed by atoms with Crippen molar-refractivity contribution in [3.05, 3.63) is 83.7 Å². The molecule has 0 unspecified atom stereocenters. The van der Waals surface area contributed by atoms with Crippen LogP contribution in [0.1, 0.15) is 28.4 Å². The molecule has 4 heteroatoms. The number of para-hydroxylation sites is 1. The molecule has 4 rings (SSSR count). The summed E-state index contributed by atoms with van der Waals surface area (Å²) in [6.07, 6.45) is 5.42. The van der Waals surface area contributed by atoms with Gasteiger partial charge in [0.1, 0.15) is 0 Å². The molecule has 3 aromatic rings. The van der Waals surface area contributed by atoms with E-state index in [1.54, 1.807) is 6.20 Å². The molecule has 1 aromatic heterocycles. The topological polar surface area (TPSA) is 45.2 Å². The second-order valence-electron chi connectivity index (χ2n) is 6.47. The molecule has 0 spiro atoms. The van der Waals surface area contributed by atoms with Gasteiger partial charge >= 0.3 is 0 Å². The molecule has 0 bridgehead atoms. The number of nitrogens with zero attached hydrogens (tertiary/aromatic N) is 2. The summed E-state index contributed by atoms with van der Waals surface area (Å²) in [5.74, 6) is -0.143. The van der Waals surface area contributed by atoms with E-state index in [0.29, 0.717) is 5.56 Å². The zero-order valence-electron chi connectivity index (χ0n) is 14.8. The van der Waals surface area contributed by atoms with Crippen LogP contribution in [-0.4, -0.2) is 17.4 Å². The van der Waals surface area contributed by atoms with E-state index in [-0.39, 0.29) is 5.91 Å². The number of benzene rings is 2. The molecule has 130 valence electrons. The van der Waals surface area contributed by atoms with Gasteiger partial charge in [-0.15, -0.1) is 0 Å². The molecule has 0 fully saturated rings. The van der Waals surface area contributed by atoms with Crippen molar-refractivity contribution in [1.82, 2.24) is 4.98 Å². The normalized spacial score (nSPS) is 12.7. The Labute approximate surface area is 153 Å². The third-order valence-corrected chi connectivity index (χ3v) is 4.80. The predicted molar refractivity (Wildman–Crippen MR) is 105 cm³/mol. The van der Waals surface area contributed by atoms with Gasteiger partial charge in [-0.25, -0.2) is 0 Å². The first-order valence-corrected chi connectivity index (χ1v) is 8.95. The predicted octanol–water partition coefficient (Wildman–Crippen LogP) is 4.59. The van der Waals surface area contributed by atoms with Crippen LogP contribution in [0.4, 0.5) is 17.1 Å². The molecule has 1 amide bonds. The summed E-state index contributed by atoms with van der Waals surface area (Å²) in [5, 5.41) is 2.95. The van der Waals surface area contributed by atoms with Crippen molar-refractivity contribution >= 4 is 23.0 Å². The summed E-state index contributed by atoms with van der Waals surface area (Å²) < 4.78 is 0. The summed E-state index contributed by atoms with van der Waals surface area (Å²) in [5.41, 5.74) is 6.08. The Morgan fingerprint density at radius 1 is 1.12 bits per heavy atom. The first-order valence-electron chi connectivity index (χ1n) is 8.95. The average Bonchev–Trinajstić information content (AvgIpc) is 3.13. The molecule has 26 heavy (non-hydrogen) atoms. The maximum Gasteiger partial charge on any atom is 0.257 e. The van der Waals surface area contributed by atoms with E-state index < -0.39 is 0 Å². The van der Waals surface area contributed by atoms with Crippen LogP contribution in [0, 0.1) is 0 Å². The van der Waals surface area contributed by atoms with E-state index in [1.807, 2.05) is 42.6 Å². The van der Waals surface area contributed by atoms with Crippen LogP contribution in [0.5, 0.6) is 0 Å². The Bertz CT molecular complexity index is 934. The Hall–Kier alpha value is -3.14. The summed E-state index contributed by atoms with van der Waals surface area (Å²) in [7, 11) is 0. The van der Waals surface area contributed by atoms with E-state index in [4.69, 9.17) is 0 Å². The van der Waals surface area contributed by atoms with Crippen molar-refractivity contribution < 1.29 is 4.79 Å². The van der Waals surface area contributed by atoms with Crippen molar-refractivity contribution in [1.29, 1.82) is 0 Å². The zero-order chi connectivity index (χ0) is 17.9. The molecule has 0 atom stereocenters. The average molecular weight is 343 g/mol. The minimum absolute atomic E-state index is 0.143. The van der Waals surface area contributed by atoms with Crippen LogP contribution in [-0.2, 0) is 12.8 Å². The lowest BCUT2D eigenvalue weighted by Gasteiger charge is -2.19. The van der Waals surface area contributed by atoms with E-state index in [2.05, 4.69) is 40.3 Å². The van der Waals surface area contributed by atoms with E-state index in [1.165, 1.54) is 16.8 Å². The third kappa shape index (κ3) is 3.18. The number of amides is 1. The minimum atomic E-state index is -0.143. The van der Waals surface area contributed by atoms with Gasteiger partial charge in [0.05, 0.1) is 17.4 Å². The number of aryl methyl sites for hydroxylation is 1. The van der Waals surface area contributed by atoms with Gasteiger partial charge in [0, 0.05) is 24.1 Å². The lowest BCUT2D eigenvalue weighted by Crippen LogP contribution is -2.16. The van der Waals surface area contributed by atoms with Crippen molar-refractivity contribution in [2.75, 3.05) is 16.8 Å². The molecule has 0 radical (unpaired) electrons. The molecule has 2 aromatic carbocycles. The Morgan fingerprint density at radius 3 is 2.73 bits per heavy atom. The Kier molecular flexibility index (Phi) is 4.40. The first-order chi connectivity index (χ1) is 12.7. The van der Waals surface area contributed by atoms with Gasteiger partial charge in [-0.1, -0.05) is 37.3 Å². The van der Waals surface area contributed by atoms with Gasteiger partial charge in [-0.05, 0) is 48.2 Å². The van der Waals surface area contributed by atoms with E-state index >= 15 is 0 Å². The number of hydrogen-bond donors (Lipinski definition) is 1. The van der Waals surface area contributed by atoms with Crippen LogP contribution >= 0.6 is 0 Å². The highest BCUT2D eigenvalue weighted by atomic mass is 16.1. The number of anilines is 3. The number of rotatable bonds is 4. The number of hydrogen-bond acceptors (Lipinski definition) is 3. The summed E-state index contributed by atoms with van der Waals surface area (Å²) >= 11 is 0. The fraction of sp³-hybridized carbons (Fsp3) is 0.182. The maximum atomic E-state index is 12.6. The number of carbonyl (C=O) groups is 1. The van der Waals surface area contributed by atoms with Gasteiger partial charge in [-0.2, -0.15) is 0 Å². The molecule has 2 heterocycles. The highest BCUT2D eigenvalue weighted by Crippen LogP contribution is 2.34. The molecule has 4 nitrogen and oxygen atoms in total. The molecule has 1 N–H and O–H groups in total. The van der Waals surface area contributed by atoms with Crippen molar-refractivity contribution in [3.8, 4) is 0 Å². The maximum absolute atomic E-state index is 12.6. The van der Waals surface area contributed by atoms with Gasteiger partial charge in [-0.3, -0.25) is 9.78 Å². The van der Waals surface area contributed by atoms with Crippen LogP contribution in [0.2, 0.25) is 0 Å². The largest absolute Gasteiger partial charge is 0.340 e. The first kappa shape index (κ1) is 16.3. The van der Waals surface area contributed by atoms with Crippen molar-refractivity contribution in [2.24, 2.45) is 0 Å². The fourth-order valence-corrected chi connectivity index (χ4v) is 3.33. The number of pyridine rings is 1. The highest BCUT2D eigenvalue weighted by molar-refractivity contribution is 6.04.